The third-order valence-corrected chi connectivity index (χ3v) is 6.45. The van der Waals surface area contributed by atoms with Gasteiger partial charge in [0.05, 0.1) is 22.6 Å². The number of fused-ring (bicyclic) bond motifs is 2. The number of hydrogen-bond donors (Lipinski definition) is 0. The Balaban J connectivity index is 1.62. The molecule has 2 aliphatic rings. The molecule has 3 nitrogen and oxygen atoms in total. The summed E-state index contributed by atoms with van der Waals surface area (Å²) in [5.41, 5.74) is 6.11. The van der Waals surface area contributed by atoms with Crippen LogP contribution in [0.3, 0.4) is 0 Å². The van der Waals surface area contributed by atoms with Crippen LogP contribution in [0.4, 0.5) is 17.1 Å². The third kappa shape index (κ3) is 3.08. The highest BCUT2D eigenvalue weighted by Gasteiger charge is 2.51. The molecule has 1 saturated heterocycles. The van der Waals surface area contributed by atoms with Crippen LogP contribution in [0.1, 0.15) is 38.8 Å². The quantitative estimate of drug-likeness (QED) is 0.392. The van der Waals surface area contributed by atoms with Crippen molar-refractivity contribution in [1.29, 1.82) is 0 Å². The third-order valence-electron chi connectivity index (χ3n) is 6.45. The molecule has 30 heavy (non-hydrogen) atoms. The molecule has 5 rings (SSSR count). The summed E-state index contributed by atoms with van der Waals surface area (Å²) in [6.07, 6.45) is 4.37. The average molecular weight is 395 g/mol. The van der Waals surface area contributed by atoms with Gasteiger partial charge in [0.15, 0.2) is 0 Å². The molecule has 0 unspecified atom stereocenters. The summed E-state index contributed by atoms with van der Waals surface area (Å²) in [5.74, 6) is 0. The number of hydrogen-bond acceptors (Lipinski definition) is 3. The summed E-state index contributed by atoms with van der Waals surface area (Å²) >= 11 is 0. The monoisotopic (exact) mass is 395 g/mol. The summed E-state index contributed by atoms with van der Waals surface area (Å²) in [6.45, 7) is 8.35. The molecule has 3 aromatic rings. The van der Waals surface area contributed by atoms with Crippen LogP contribution in [0.2, 0.25) is 0 Å². The van der Waals surface area contributed by atoms with E-state index in [0.29, 0.717) is 0 Å². The van der Waals surface area contributed by atoms with Crippen molar-refractivity contribution in [3.8, 4) is 0 Å². The first-order chi connectivity index (χ1) is 14.4. The predicted molar refractivity (Wildman–Crippen MR) is 126 cm³/mol. The van der Waals surface area contributed by atoms with Crippen molar-refractivity contribution in [1.82, 2.24) is 0 Å². The summed E-state index contributed by atoms with van der Waals surface area (Å²) in [6, 6.07) is 25.5. The molecule has 1 fully saturated rings. The number of rotatable bonds is 2. The van der Waals surface area contributed by atoms with Gasteiger partial charge in [-0.2, -0.15) is 0 Å². The lowest BCUT2D eigenvalue weighted by Gasteiger charge is -2.32. The highest BCUT2D eigenvalue weighted by atomic mass is 16.7. The van der Waals surface area contributed by atoms with Gasteiger partial charge < -0.3 is 14.2 Å². The van der Waals surface area contributed by atoms with Gasteiger partial charge in [-0.25, -0.2) is 0 Å². The molecule has 2 heterocycles. The maximum Gasteiger partial charge on any atom is 0.494 e. The van der Waals surface area contributed by atoms with Crippen molar-refractivity contribution in [2.24, 2.45) is 0 Å². The highest BCUT2D eigenvalue weighted by Crippen LogP contribution is 2.42. The lowest BCUT2D eigenvalue weighted by Crippen LogP contribution is -2.41. The van der Waals surface area contributed by atoms with Gasteiger partial charge in [-0.05, 0) is 68.6 Å². The van der Waals surface area contributed by atoms with Gasteiger partial charge in [-0.15, -0.1) is 0 Å². The second-order valence-corrected chi connectivity index (χ2v) is 8.97. The predicted octanol–water partition coefficient (Wildman–Crippen LogP) is 5.94. The fraction of sp³-hybridized carbons (Fsp3) is 0.231. The molecule has 0 bridgehead atoms. The van der Waals surface area contributed by atoms with Crippen molar-refractivity contribution in [2.45, 2.75) is 38.9 Å². The Morgan fingerprint density at radius 1 is 0.667 bits per heavy atom. The van der Waals surface area contributed by atoms with Crippen LogP contribution < -0.4 is 10.4 Å². The molecule has 0 spiro atoms. The van der Waals surface area contributed by atoms with E-state index in [9.17, 15) is 0 Å². The van der Waals surface area contributed by atoms with Crippen LogP contribution in [0, 0.1) is 0 Å². The highest BCUT2D eigenvalue weighted by molar-refractivity contribution is 6.62. The smallest absolute Gasteiger partial charge is 0.399 e. The Kier molecular flexibility index (Phi) is 4.39. The Hall–Kier alpha value is -2.82. The van der Waals surface area contributed by atoms with Crippen molar-refractivity contribution in [3.63, 3.8) is 0 Å². The second-order valence-electron chi connectivity index (χ2n) is 8.97. The van der Waals surface area contributed by atoms with Gasteiger partial charge in [0.1, 0.15) is 0 Å². The first-order valence-electron chi connectivity index (χ1n) is 10.5. The summed E-state index contributed by atoms with van der Waals surface area (Å²) in [4.78, 5) is 2.32. The normalized spacial score (nSPS) is 18.7. The van der Waals surface area contributed by atoms with E-state index in [-0.39, 0.29) is 18.3 Å². The zero-order valence-electron chi connectivity index (χ0n) is 17.9. The van der Waals surface area contributed by atoms with Gasteiger partial charge in [0.25, 0.3) is 0 Å². The number of nitrogens with zero attached hydrogens (tertiary/aromatic N) is 1. The Morgan fingerprint density at radius 3 is 2.00 bits per heavy atom. The Bertz CT molecular complexity index is 1100. The molecule has 0 amide bonds. The van der Waals surface area contributed by atoms with Crippen molar-refractivity contribution < 1.29 is 9.31 Å². The van der Waals surface area contributed by atoms with Crippen LogP contribution in [0.25, 0.3) is 12.2 Å². The van der Waals surface area contributed by atoms with Gasteiger partial charge in [0.2, 0.25) is 0 Å². The molecule has 4 heteroatoms. The summed E-state index contributed by atoms with van der Waals surface area (Å²) in [7, 11) is -0.371. The standard InChI is InChI=1S/C26H26BNO2/c1-25(2)26(3,4)30-27(29-25)21-16-17-24-20(18-21)15-14-19-10-8-9-13-23(19)28(24)22-11-6-5-7-12-22/h5-18H,1-4H3. The maximum absolute atomic E-state index is 6.29. The van der Waals surface area contributed by atoms with Crippen molar-refractivity contribution in [3.05, 3.63) is 83.9 Å². The van der Waals surface area contributed by atoms with Gasteiger partial charge in [-0.1, -0.05) is 60.7 Å². The molecule has 0 saturated carbocycles. The van der Waals surface area contributed by atoms with Gasteiger partial charge >= 0.3 is 7.12 Å². The zero-order chi connectivity index (χ0) is 20.9. The van der Waals surface area contributed by atoms with E-state index in [4.69, 9.17) is 9.31 Å². The number of benzene rings is 3. The topological polar surface area (TPSA) is 21.7 Å². The molecule has 3 aromatic carbocycles. The molecular formula is C26H26BNO2. The molecule has 0 aliphatic carbocycles. The summed E-state index contributed by atoms with van der Waals surface area (Å²) < 4.78 is 12.6. The van der Waals surface area contributed by atoms with Crippen molar-refractivity contribution >= 4 is 41.8 Å². The van der Waals surface area contributed by atoms with Crippen LogP contribution >= 0.6 is 0 Å². The lowest BCUT2D eigenvalue weighted by molar-refractivity contribution is 0.00578. The minimum atomic E-state index is -0.371. The van der Waals surface area contributed by atoms with Crippen molar-refractivity contribution in [2.75, 3.05) is 4.90 Å². The number of para-hydroxylation sites is 2. The molecule has 0 aromatic heterocycles. The van der Waals surface area contributed by atoms with Crippen LogP contribution in [-0.2, 0) is 9.31 Å². The fourth-order valence-electron chi connectivity index (χ4n) is 4.03. The second kappa shape index (κ2) is 6.87. The Labute approximate surface area is 179 Å². The molecule has 2 aliphatic heterocycles. The molecule has 150 valence electrons. The molecule has 0 radical (unpaired) electrons. The minimum absolute atomic E-state index is 0.355. The first-order valence-corrected chi connectivity index (χ1v) is 10.5. The number of anilines is 3. The SMILES string of the molecule is CC1(C)OB(c2ccc3c(c2)C=Cc2ccccc2N3c2ccccc2)OC1(C)C. The Morgan fingerprint density at radius 2 is 1.27 bits per heavy atom. The first kappa shape index (κ1) is 19.2. The van der Waals surface area contributed by atoms with E-state index in [1.165, 1.54) is 11.3 Å². The minimum Gasteiger partial charge on any atom is -0.399 e. The maximum atomic E-state index is 6.29. The van der Waals surface area contributed by atoms with Gasteiger partial charge in [-0.3, -0.25) is 0 Å². The van der Waals surface area contributed by atoms with Crippen LogP contribution in [0.15, 0.2) is 72.8 Å². The molecular weight excluding hydrogens is 369 g/mol. The summed E-state index contributed by atoms with van der Waals surface area (Å²) in [5, 5.41) is 0. The lowest BCUT2D eigenvalue weighted by atomic mass is 9.78. The molecule has 0 N–H and O–H groups in total. The van der Waals surface area contributed by atoms with E-state index >= 15 is 0 Å². The van der Waals surface area contributed by atoms with Crippen LogP contribution in [0.5, 0.6) is 0 Å². The van der Waals surface area contributed by atoms with E-state index in [1.807, 2.05) is 6.07 Å². The largest absolute Gasteiger partial charge is 0.494 e. The van der Waals surface area contributed by atoms with Crippen LogP contribution in [-0.4, -0.2) is 18.3 Å². The molecule has 0 atom stereocenters. The van der Waals surface area contributed by atoms with E-state index < -0.39 is 0 Å². The zero-order valence-corrected chi connectivity index (χ0v) is 17.9. The van der Waals surface area contributed by atoms with Gasteiger partial charge in [0, 0.05) is 5.69 Å². The average Bonchev–Trinajstić information content (AvgIpc) is 2.87. The van der Waals surface area contributed by atoms with E-state index in [0.717, 1.165) is 22.4 Å². The van der Waals surface area contributed by atoms with E-state index in [2.05, 4.69) is 111 Å². The fourth-order valence-corrected chi connectivity index (χ4v) is 4.03. The van der Waals surface area contributed by atoms with E-state index in [1.54, 1.807) is 0 Å².